The number of fused-ring (bicyclic) bond motifs is 1. The molecule has 0 aliphatic rings. The van der Waals surface area contributed by atoms with Crippen LogP contribution in [0.15, 0.2) is 42.5 Å². The molecule has 3 rings (SSSR count). The lowest BCUT2D eigenvalue weighted by Gasteiger charge is -2.12. The van der Waals surface area contributed by atoms with Crippen LogP contribution >= 0.6 is 0 Å². The summed E-state index contributed by atoms with van der Waals surface area (Å²) in [5, 5.41) is 14.0. The number of aromatic carboxylic acids is 1. The van der Waals surface area contributed by atoms with Crippen LogP contribution in [0.1, 0.15) is 35.5 Å². The zero-order valence-electron chi connectivity index (χ0n) is 17.2. The highest BCUT2D eigenvalue weighted by molar-refractivity contribution is 5.98. The third kappa shape index (κ3) is 4.54. The first-order chi connectivity index (χ1) is 14.1. The fourth-order valence-electron chi connectivity index (χ4n) is 3.62. The maximum atomic E-state index is 11.8. The van der Waals surface area contributed by atoms with E-state index in [0.29, 0.717) is 25.5 Å². The highest BCUT2D eigenvalue weighted by atomic mass is 16.5. The fourth-order valence-corrected chi connectivity index (χ4v) is 3.62. The number of carboxylic acids is 1. The minimum atomic E-state index is -0.909. The molecule has 0 fully saturated rings. The van der Waals surface area contributed by atoms with Crippen LogP contribution in [0.2, 0.25) is 0 Å². The van der Waals surface area contributed by atoms with Gasteiger partial charge in [-0.05, 0) is 50.6 Å². The second-order valence-electron chi connectivity index (χ2n) is 6.78. The summed E-state index contributed by atoms with van der Waals surface area (Å²) in [7, 11) is 1.80. The summed E-state index contributed by atoms with van der Waals surface area (Å²) in [6.07, 6.45) is 0.805. The number of carboxylic acid groups (broad SMARTS) is 1. The first kappa shape index (κ1) is 20.7. The van der Waals surface area contributed by atoms with Crippen LogP contribution in [-0.2, 0) is 20.0 Å². The van der Waals surface area contributed by atoms with Crippen molar-refractivity contribution >= 4 is 16.9 Å². The number of para-hydroxylation sites is 1. The van der Waals surface area contributed by atoms with Crippen LogP contribution < -0.4 is 14.8 Å². The molecule has 0 unspecified atom stereocenters. The zero-order valence-corrected chi connectivity index (χ0v) is 17.2. The molecule has 1 aromatic heterocycles. The summed E-state index contributed by atoms with van der Waals surface area (Å²) < 4.78 is 13.0. The van der Waals surface area contributed by atoms with Gasteiger partial charge >= 0.3 is 5.97 Å². The highest BCUT2D eigenvalue weighted by Crippen LogP contribution is 2.29. The largest absolute Gasteiger partial charge is 0.490 e. The number of nitrogens with zero attached hydrogens (tertiary/aromatic N) is 1. The van der Waals surface area contributed by atoms with Crippen molar-refractivity contribution in [1.29, 1.82) is 0 Å². The van der Waals surface area contributed by atoms with Crippen LogP contribution in [0.5, 0.6) is 11.5 Å². The predicted octanol–water partition coefficient (Wildman–Crippen LogP) is 4.01. The Morgan fingerprint density at radius 2 is 1.79 bits per heavy atom. The average Bonchev–Trinajstić information content (AvgIpc) is 3.00. The van der Waals surface area contributed by atoms with Gasteiger partial charge in [0.1, 0.15) is 5.69 Å². The maximum Gasteiger partial charge on any atom is 0.352 e. The first-order valence-electron chi connectivity index (χ1n) is 9.95. The van der Waals surface area contributed by atoms with E-state index in [0.717, 1.165) is 46.5 Å². The van der Waals surface area contributed by atoms with Crippen LogP contribution in [0.25, 0.3) is 10.9 Å². The van der Waals surface area contributed by atoms with Gasteiger partial charge in [0.15, 0.2) is 11.5 Å². The predicted molar refractivity (Wildman–Crippen MR) is 114 cm³/mol. The lowest BCUT2D eigenvalue weighted by molar-refractivity contribution is 0.0685. The van der Waals surface area contributed by atoms with Crippen LogP contribution in [0.4, 0.5) is 0 Å². The van der Waals surface area contributed by atoms with E-state index in [9.17, 15) is 9.90 Å². The molecule has 0 saturated carbocycles. The summed E-state index contributed by atoms with van der Waals surface area (Å²) >= 11 is 0. The molecule has 0 amide bonds. The van der Waals surface area contributed by atoms with Crippen molar-refractivity contribution < 1.29 is 19.4 Å². The summed E-state index contributed by atoms with van der Waals surface area (Å²) in [6.45, 7) is 6.30. The fraction of sp³-hybridized carbons (Fsp3) is 0.348. The molecule has 0 saturated heterocycles. The van der Waals surface area contributed by atoms with E-state index in [1.807, 2.05) is 56.3 Å². The van der Waals surface area contributed by atoms with E-state index in [1.54, 1.807) is 11.6 Å². The topological polar surface area (TPSA) is 72.7 Å². The van der Waals surface area contributed by atoms with Gasteiger partial charge in [0.05, 0.1) is 13.2 Å². The molecule has 2 N–H and O–H groups in total. The second kappa shape index (κ2) is 9.47. The van der Waals surface area contributed by atoms with Gasteiger partial charge in [0, 0.05) is 30.1 Å². The van der Waals surface area contributed by atoms with E-state index in [4.69, 9.17) is 9.47 Å². The Balaban J connectivity index is 1.69. The lowest BCUT2D eigenvalue weighted by Crippen LogP contribution is -2.19. The Morgan fingerprint density at radius 1 is 1.07 bits per heavy atom. The van der Waals surface area contributed by atoms with Crippen molar-refractivity contribution in [3.63, 3.8) is 0 Å². The van der Waals surface area contributed by atoms with E-state index in [-0.39, 0.29) is 0 Å². The van der Waals surface area contributed by atoms with Crippen molar-refractivity contribution in [2.45, 2.75) is 26.8 Å². The number of carbonyl (C=O) groups is 1. The molecule has 0 radical (unpaired) electrons. The Bertz CT molecular complexity index is 994. The van der Waals surface area contributed by atoms with Gasteiger partial charge in [-0.25, -0.2) is 4.79 Å². The highest BCUT2D eigenvalue weighted by Gasteiger charge is 2.19. The molecule has 2 aromatic carbocycles. The lowest BCUT2D eigenvalue weighted by atomic mass is 10.1. The van der Waals surface area contributed by atoms with Gasteiger partial charge in [0.25, 0.3) is 0 Å². The molecule has 6 nitrogen and oxygen atoms in total. The number of ether oxygens (including phenoxy) is 2. The Morgan fingerprint density at radius 3 is 2.52 bits per heavy atom. The van der Waals surface area contributed by atoms with Crippen molar-refractivity contribution in [2.24, 2.45) is 7.05 Å². The summed E-state index contributed by atoms with van der Waals surface area (Å²) in [6, 6.07) is 13.8. The molecule has 29 heavy (non-hydrogen) atoms. The molecule has 1 heterocycles. The van der Waals surface area contributed by atoms with Crippen LogP contribution in [-0.4, -0.2) is 35.4 Å². The molecule has 0 atom stereocenters. The van der Waals surface area contributed by atoms with Crippen molar-refractivity contribution in [2.75, 3.05) is 19.8 Å². The maximum absolute atomic E-state index is 11.8. The third-order valence-corrected chi connectivity index (χ3v) is 4.91. The number of benzene rings is 2. The first-order valence-corrected chi connectivity index (χ1v) is 9.95. The Hall–Kier alpha value is -2.99. The smallest absolute Gasteiger partial charge is 0.352 e. The molecule has 0 bridgehead atoms. The molecule has 154 valence electrons. The van der Waals surface area contributed by atoms with E-state index in [1.165, 1.54) is 0 Å². The van der Waals surface area contributed by atoms with Gasteiger partial charge in [-0.2, -0.15) is 0 Å². The van der Waals surface area contributed by atoms with Crippen molar-refractivity contribution in [3.8, 4) is 11.5 Å². The number of hydrogen-bond donors (Lipinski definition) is 2. The minimum absolute atomic E-state index is 0.332. The minimum Gasteiger partial charge on any atom is -0.490 e. The molecule has 3 aromatic rings. The third-order valence-electron chi connectivity index (χ3n) is 4.91. The molecule has 0 spiro atoms. The van der Waals surface area contributed by atoms with Gasteiger partial charge in [-0.1, -0.05) is 24.3 Å². The number of rotatable bonds is 10. The number of aromatic nitrogens is 1. The molecular formula is C23H28N2O4. The molecule has 0 aliphatic carbocycles. The zero-order chi connectivity index (χ0) is 20.8. The molecular weight excluding hydrogens is 368 g/mol. The normalized spacial score (nSPS) is 11.0. The average molecular weight is 396 g/mol. The number of hydrogen-bond acceptors (Lipinski definition) is 4. The number of nitrogens with one attached hydrogen (secondary N) is 1. The van der Waals surface area contributed by atoms with Gasteiger partial charge in [0.2, 0.25) is 0 Å². The standard InChI is InChI=1S/C23H28N2O4/c1-4-28-20-11-10-16(14-21(20)29-5-2)12-13-24-15-18-17-8-6-7-9-19(17)25(3)22(18)23(26)27/h6-11,14,24H,4-5,12-13,15H2,1-3H3,(H,26,27). The molecule has 0 aliphatic heterocycles. The second-order valence-corrected chi connectivity index (χ2v) is 6.78. The van der Waals surface area contributed by atoms with E-state index in [2.05, 4.69) is 5.32 Å². The Kier molecular flexibility index (Phi) is 6.77. The van der Waals surface area contributed by atoms with Gasteiger partial charge in [-0.15, -0.1) is 0 Å². The monoisotopic (exact) mass is 396 g/mol. The van der Waals surface area contributed by atoms with Crippen LogP contribution in [0.3, 0.4) is 0 Å². The van der Waals surface area contributed by atoms with Crippen molar-refractivity contribution in [1.82, 2.24) is 9.88 Å². The Labute approximate surface area is 171 Å². The van der Waals surface area contributed by atoms with Gasteiger partial charge in [-0.3, -0.25) is 0 Å². The summed E-state index contributed by atoms with van der Waals surface area (Å²) in [5.41, 5.74) is 3.21. The van der Waals surface area contributed by atoms with Gasteiger partial charge < -0.3 is 24.5 Å². The van der Waals surface area contributed by atoms with Crippen LogP contribution in [0, 0.1) is 0 Å². The summed E-state index contributed by atoms with van der Waals surface area (Å²) in [5.74, 6) is 0.607. The van der Waals surface area contributed by atoms with Crippen molar-refractivity contribution in [3.05, 3.63) is 59.3 Å². The summed E-state index contributed by atoms with van der Waals surface area (Å²) in [4.78, 5) is 11.8. The van der Waals surface area contributed by atoms with E-state index >= 15 is 0 Å². The number of aryl methyl sites for hydroxylation is 1. The molecule has 6 heteroatoms. The SMILES string of the molecule is CCOc1ccc(CCNCc2c(C(=O)O)n(C)c3ccccc23)cc1OCC. The quantitative estimate of drug-likeness (QED) is 0.507. The van der Waals surface area contributed by atoms with E-state index < -0.39 is 5.97 Å².